The lowest BCUT2D eigenvalue weighted by atomic mass is 9.94. The van der Waals surface area contributed by atoms with Crippen LogP contribution in [0.25, 0.3) is 0 Å². The Kier molecular flexibility index (Phi) is 24.9. The number of unbranched alkanes of at least 4 members (excludes halogenated alkanes) is 2. The number of pyridine rings is 2. The average molecular weight is 1380 g/mol. The quantitative estimate of drug-likeness (QED) is 0.0553. The molecule has 10 rings (SSSR count). The number of amides is 2. The lowest BCUT2D eigenvalue weighted by molar-refractivity contribution is -0.145. The van der Waals surface area contributed by atoms with Crippen molar-refractivity contribution in [1.29, 1.82) is 0 Å². The SMILES string of the molecule is CCCCC1CN(C2c3ccc(Cl)cc3CCc3cc(Br)cnc32)CCN1C(=O)C(C)NC(CCc1ccccc1)C(=O)O.CCCCC1CN(C2c3ccc(Cl)cc3CCc3cc(Br)cnc32)CCN1C(=O)C(C)NC(CCc1ccccc1)C(=O)OC. The van der Waals surface area contributed by atoms with Crippen LogP contribution in [0.15, 0.2) is 131 Å². The summed E-state index contributed by atoms with van der Waals surface area (Å²) in [5, 5.41) is 17.9. The number of rotatable bonds is 22. The minimum absolute atomic E-state index is 0.0125. The largest absolute Gasteiger partial charge is 0.480 e. The van der Waals surface area contributed by atoms with Gasteiger partial charge in [-0.2, -0.15) is 0 Å². The van der Waals surface area contributed by atoms with Gasteiger partial charge in [0.15, 0.2) is 0 Å². The van der Waals surface area contributed by atoms with Crippen molar-refractivity contribution in [2.45, 2.75) is 166 Å². The van der Waals surface area contributed by atoms with E-state index in [9.17, 15) is 24.3 Å². The van der Waals surface area contributed by atoms with Crippen LogP contribution < -0.4 is 10.6 Å². The van der Waals surface area contributed by atoms with Crippen LogP contribution in [0.4, 0.5) is 0 Å². The smallest absolute Gasteiger partial charge is 0.322 e. The Hall–Kier alpha value is -5.56. The highest BCUT2D eigenvalue weighted by Gasteiger charge is 2.41. The number of piperazine rings is 2. The molecule has 8 atom stereocenters. The zero-order valence-electron chi connectivity index (χ0n) is 52.0. The molecule has 2 amide bonds. The van der Waals surface area contributed by atoms with E-state index in [1.54, 1.807) is 6.92 Å². The maximum absolute atomic E-state index is 14.1. The zero-order chi connectivity index (χ0) is 63.1. The predicted octanol–water partition coefficient (Wildman–Crippen LogP) is 13.0. The first-order chi connectivity index (χ1) is 43.0. The maximum atomic E-state index is 14.1. The monoisotopic (exact) mass is 1370 g/mol. The third-order valence-electron chi connectivity index (χ3n) is 18.2. The molecular weight excluding hydrogens is 1290 g/mol. The first kappa shape index (κ1) is 67.8. The maximum Gasteiger partial charge on any atom is 0.322 e. The van der Waals surface area contributed by atoms with Gasteiger partial charge < -0.3 is 19.6 Å². The summed E-state index contributed by atoms with van der Waals surface area (Å²) in [6, 6.07) is 34.3. The summed E-state index contributed by atoms with van der Waals surface area (Å²) in [5.74, 6) is -1.28. The van der Waals surface area contributed by atoms with Crippen molar-refractivity contribution in [2.24, 2.45) is 0 Å². The number of carbonyl (C=O) groups is 4. The van der Waals surface area contributed by atoms with Crippen LogP contribution in [0, 0.1) is 0 Å². The molecule has 8 unspecified atom stereocenters. The topological polar surface area (TPSA) is 161 Å². The molecule has 3 N–H and O–H groups in total. The van der Waals surface area contributed by atoms with Crippen LogP contribution >= 0.6 is 55.1 Å². The number of aliphatic carboxylic acids is 1. The van der Waals surface area contributed by atoms with E-state index in [0.717, 1.165) is 125 Å². The number of carbonyl (C=O) groups excluding carboxylic acids is 3. The predicted molar refractivity (Wildman–Crippen MR) is 360 cm³/mol. The minimum atomic E-state index is -0.933. The molecule has 0 saturated carbocycles. The molecule has 2 saturated heterocycles. The fraction of sp³-hybridized carbons (Fsp3) is 0.465. The number of nitrogens with one attached hydrogen (secondary N) is 2. The van der Waals surface area contributed by atoms with Gasteiger partial charge in [0.2, 0.25) is 11.8 Å². The fourth-order valence-corrected chi connectivity index (χ4v) is 14.7. The Morgan fingerprint density at radius 1 is 0.596 bits per heavy atom. The molecule has 0 radical (unpaired) electrons. The number of hydrogen-bond donors (Lipinski definition) is 3. The van der Waals surface area contributed by atoms with Crippen molar-refractivity contribution in [1.82, 2.24) is 40.2 Å². The van der Waals surface area contributed by atoms with Crippen LogP contribution in [0.5, 0.6) is 0 Å². The Balaban J connectivity index is 0.000000211. The van der Waals surface area contributed by atoms with Crippen molar-refractivity contribution in [3.8, 4) is 0 Å². The van der Waals surface area contributed by atoms with Crippen LogP contribution in [-0.4, -0.2) is 141 Å². The molecule has 2 aliphatic carbocycles. The van der Waals surface area contributed by atoms with Crippen LogP contribution in [-0.2, 0) is 62.4 Å². The summed E-state index contributed by atoms with van der Waals surface area (Å²) in [5.41, 5.74) is 11.8. The summed E-state index contributed by atoms with van der Waals surface area (Å²) in [6.07, 6.45) is 15.6. The highest BCUT2D eigenvalue weighted by atomic mass is 79.9. The Morgan fingerprint density at radius 3 is 1.43 bits per heavy atom. The number of halogens is 4. The molecule has 4 aromatic carbocycles. The molecule has 6 aromatic rings. The summed E-state index contributed by atoms with van der Waals surface area (Å²) < 4.78 is 7.07. The Labute approximate surface area is 553 Å². The summed E-state index contributed by atoms with van der Waals surface area (Å²) in [4.78, 5) is 71.8. The molecular formula is C71H86Br2Cl2N8O6. The molecule has 18 heteroatoms. The van der Waals surface area contributed by atoms with Crippen LogP contribution in [0.3, 0.4) is 0 Å². The number of fused-ring (bicyclic) bond motifs is 4. The van der Waals surface area contributed by atoms with Crippen molar-refractivity contribution in [3.63, 3.8) is 0 Å². The number of methoxy groups -OCH3 is 1. The molecule has 0 bridgehead atoms. The van der Waals surface area contributed by atoms with Gasteiger partial charge in [-0.05, 0) is 191 Å². The van der Waals surface area contributed by atoms with Crippen molar-refractivity contribution in [3.05, 3.63) is 196 Å². The van der Waals surface area contributed by atoms with Gasteiger partial charge in [0.25, 0.3) is 0 Å². The number of hydrogen-bond acceptors (Lipinski definition) is 11. The van der Waals surface area contributed by atoms with Gasteiger partial charge in [0.05, 0.1) is 42.7 Å². The third kappa shape index (κ3) is 17.5. The van der Waals surface area contributed by atoms with Crippen LogP contribution in [0.2, 0.25) is 10.0 Å². The van der Waals surface area contributed by atoms with Crippen molar-refractivity contribution >= 4 is 78.8 Å². The number of aromatic nitrogens is 2. The molecule has 4 heterocycles. The second-order valence-electron chi connectivity index (χ2n) is 24.3. The number of ether oxygens (including phenoxy) is 1. The molecule has 4 aliphatic rings. The first-order valence-electron chi connectivity index (χ1n) is 31.9. The second-order valence-corrected chi connectivity index (χ2v) is 27.0. The normalized spacial score (nSPS) is 19.7. The summed E-state index contributed by atoms with van der Waals surface area (Å²) >= 11 is 20.2. The molecule has 0 spiro atoms. The van der Waals surface area contributed by atoms with Crippen LogP contribution in [0.1, 0.15) is 147 Å². The van der Waals surface area contributed by atoms with E-state index in [4.69, 9.17) is 37.9 Å². The second kappa shape index (κ2) is 32.6. The first-order valence-corrected chi connectivity index (χ1v) is 34.2. The van der Waals surface area contributed by atoms with Gasteiger partial charge in [0, 0.05) is 82.7 Å². The number of benzene rings is 4. The Bertz CT molecular complexity index is 3260. The number of esters is 1. The van der Waals surface area contributed by atoms with Crippen molar-refractivity contribution in [2.75, 3.05) is 46.4 Å². The van der Waals surface area contributed by atoms with Gasteiger partial charge in [-0.1, -0.05) is 136 Å². The Morgan fingerprint density at radius 2 is 1.01 bits per heavy atom. The van der Waals surface area contributed by atoms with Gasteiger partial charge in [-0.15, -0.1) is 0 Å². The summed E-state index contributed by atoms with van der Waals surface area (Å²) in [6.45, 7) is 12.1. The number of nitrogens with zero attached hydrogens (tertiary/aromatic N) is 6. The van der Waals surface area contributed by atoms with E-state index in [-0.39, 0.29) is 42.0 Å². The molecule has 89 heavy (non-hydrogen) atoms. The van der Waals surface area contributed by atoms with Gasteiger partial charge >= 0.3 is 11.9 Å². The fourth-order valence-electron chi connectivity index (χ4n) is 13.6. The van der Waals surface area contributed by atoms with Gasteiger partial charge in [-0.3, -0.25) is 49.6 Å². The van der Waals surface area contributed by atoms with E-state index in [2.05, 4.69) is 115 Å². The lowest BCUT2D eigenvalue weighted by Crippen LogP contribution is -2.60. The highest BCUT2D eigenvalue weighted by Crippen LogP contribution is 2.41. The van der Waals surface area contributed by atoms with E-state index < -0.39 is 30.1 Å². The van der Waals surface area contributed by atoms with Gasteiger partial charge in [-0.25, -0.2) is 0 Å². The number of carboxylic acid groups (broad SMARTS) is 1. The molecule has 2 aliphatic heterocycles. The molecule has 2 aromatic heterocycles. The van der Waals surface area contributed by atoms with E-state index >= 15 is 0 Å². The zero-order valence-corrected chi connectivity index (χ0v) is 56.7. The average Bonchev–Trinajstić information content (AvgIpc) is 1.80. The van der Waals surface area contributed by atoms with Gasteiger partial charge in [0.1, 0.15) is 12.1 Å². The highest BCUT2D eigenvalue weighted by molar-refractivity contribution is 9.10. The standard InChI is InChI=1S/C36H44BrClN4O3.C35H42BrClN4O3/c1-4-5-11-30-23-41(34-31-16-15-29(38)21-26(31)13-14-27-20-28(37)22-39-33(27)34)18-19-42(30)35(43)24(2)40-32(36(44)45-3)17-12-25-9-7-6-8-10-25;1-3-4-10-29-22-40(33-30-15-14-28(37)20-25(30)12-13-26-19-27(36)21-38-32(26)33)17-18-41(29)34(42)23(2)39-31(35(43)44)16-11-24-8-6-5-7-9-24/h6-10,15-16,20-22,24,30,32,34,40H,4-5,11-14,17-19,23H2,1-3H3;5-9,14-15,19-21,23,29,31,33,39H,3-4,10-13,16-18,22H2,1-2H3,(H,43,44). The van der Waals surface area contributed by atoms with E-state index in [1.165, 1.54) is 40.5 Å². The third-order valence-corrected chi connectivity index (χ3v) is 19.6. The summed E-state index contributed by atoms with van der Waals surface area (Å²) in [7, 11) is 1.40. The molecule has 2 fully saturated rings. The molecule has 474 valence electrons. The van der Waals surface area contributed by atoms with E-state index in [0.29, 0.717) is 45.3 Å². The minimum Gasteiger partial charge on any atom is -0.480 e. The molecule has 14 nitrogen and oxygen atoms in total. The van der Waals surface area contributed by atoms with Crippen molar-refractivity contribution < 1.29 is 29.0 Å². The lowest BCUT2D eigenvalue weighted by Gasteiger charge is -2.45. The van der Waals surface area contributed by atoms with E-state index in [1.807, 2.05) is 89.8 Å². The number of aryl methyl sites for hydroxylation is 6. The number of carboxylic acids is 1.